The number of imide groups is 1. The third-order valence-corrected chi connectivity index (χ3v) is 5.15. The molecular formula is C22H15FN2O4S. The van der Waals surface area contributed by atoms with Crippen LogP contribution in [0.4, 0.5) is 14.9 Å². The topological polar surface area (TPSA) is 79.6 Å². The average Bonchev–Trinajstić information content (AvgIpc) is 3.29. The van der Waals surface area contributed by atoms with Crippen LogP contribution >= 0.6 is 11.8 Å². The molecule has 150 valence electrons. The number of hydrogen-bond acceptors (Lipinski definition) is 5. The molecule has 3 aromatic rings. The Balaban J connectivity index is 1.45. The van der Waals surface area contributed by atoms with E-state index in [0.717, 1.165) is 28.3 Å². The van der Waals surface area contributed by atoms with Crippen LogP contribution in [0.1, 0.15) is 5.76 Å². The van der Waals surface area contributed by atoms with Crippen LogP contribution in [-0.4, -0.2) is 28.5 Å². The lowest BCUT2D eigenvalue weighted by Crippen LogP contribution is -2.36. The predicted molar refractivity (Wildman–Crippen MR) is 112 cm³/mol. The van der Waals surface area contributed by atoms with E-state index in [2.05, 4.69) is 5.32 Å². The molecule has 1 aliphatic heterocycles. The molecule has 6 nitrogen and oxygen atoms in total. The highest BCUT2D eigenvalue weighted by molar-refractivity contribution is 8.18. The molecule has 8 heteroatoms. The van der Waals surface area contributed by atoms with E-state index in [0.29, 0.717) is 11.5 Å². The summed E-state index contributed by atoms with van der Waals surface area (Å²) in [7, 11) is 0. The summed E-state index contributed by atoms with van der Waals surface area (Å²) in [5.41, 5.74) is 1.13. The van der Waals surface area contributed by atoms with Crippen LogP contribution in [0, 0.1) is 5.82 Å². The van der Waals surface area contributed by atoms with Crippen molar-refractivity contribution < 1.29 is 23.2 Å². The zero-order chi connectivity index (χ0) is 21.1. The standard InChI is InChI=1S/C22H15FN2O4S/c23-15-7-4-8-16(11-15)24-20(26)13-25-21(27)19(30-22(25)28)12-17-9-10-18(29-17)14-5-2-1-3-6-14/h1-12H,13H2,(H,24,26)/b19-12+. The van der Waals surface area contributed by atoms with E-state index < -0.39 is 29.4 Å². The molecule has 0 saturated carbocycles. The Morgan fingerprint density at radius 2 is 1.87 bits per heavy atom. The van der Waals surface area contributed by atoms with E-state index in [9.17, 15) is 18.8 Å². The normalized spacial score (nSPS) is 15.1. The van der Waals surface area contributed by atoms with Gasteiger partial charge in [0.2, 0.25) is 5.91 Å². The number of amides is 3. The number of furan rings is 1. The van der Waals surface area contributed by atoms with Crippen LogP contribution in [0.25, 0.3) is 17.4 Å². The second kappa shape index (κ2) is 8.38. The highest BCUT2D eigenvalue weighted by atomic mass is 32.2. The summed E-state index contributed by atoms with van der Waals surface area (Å²) >= 11 is 0.731. The third kappa shape index (κ3) is 4.33. The Morgan fingerprint density at radius 1 is 1.07 bits per heavy atom. The molecule has 4 rings (SSSR count). The van der Waals surface area contributed by atoms with E-state index in [1.54, 1.807) is 12.1 Å². The number of thioether (sulfide) groups is 1. The monoisotopic (exact) mass is 422 g/mol. The summed E-state index contributed by atoms with van der Waals surface area (Å²) in [6, 6.07) is 18.3. The number of hydrogen-bond donors (Lipinski definition) is 1. The summed E-state index contributed by atoms with van der Waals surface area (Å²) in [6.07, 6.45) is 1.47. The van der Waals surface area contributed by atoms with Gasteiger partial charge in [-0.2, -0.15) is 0 Å². The molecule has 1 fully saturated rings. The average molecular weight is 422 g/mol. The minimum atomic E-state index is -0.603. The van der Waals surface area contributed by atoms with Gasteiger partial charge in [0.05, 0.1) is 4.91 Å². The predicted octanol–water partition coefficient (Wildman–Crippen LogP) is 4.76. The molecule has 1 saturated heterocycles. The highest BCUT2D eigenvalue weighted by Gasteiger charge is 2.36. The zero-order valence-electron chi connectivity index (χ0n) is 15.5. The van der Waals surface area contributed by atoms with Gasteiger partial charge in [0, 0.05) is 17.3 Å². The first-order valence-corrected chi connectivity index (χ1v) is 9.77. The van der Waals surface area contributed by atoms with E-state index >= 15 is 0 Å². The molecule has 0 atom stereocenters. The van der Waals surface area contributed by atoms with Crippen molar-refractivity contribution in [1.82, 2.24) is 4.90 Å². The quantitative estimate of drug-likeness (QED) is 0.600. The van der Waals surface area contributed by atoms with Crippen molar-refractivity contribution >= 4 is 40.6 Å². The summed E-state index contributed by atoms with van der Waals surface area (Å²) in [6.45, 7) is -0.466. The number of rotatable bonds is 5. The SMILES string of the molecule is O=C(CN1C(=O)S/C(=C/c2ccc(-c3ccccc3)o2)C1=O)Nc1cccc(F)c1. The van der Waals surface area contributed by atoms with Crippen molar-refractivity contribution in [2.75, 3.05) is 11.9 Å². The molecule has 0 bridgehead atoms. The smallest absolute Gasteiger partial charge is 0.294 e. The Kier molecular flexibility index (Phi) is 5.49. The van der Waals surface area contributed by atoms with Crippen molar-refractivity contribution in [3.05, 3.63) is 83.2 Å². The minimum Gasteiger partial charge on any atom is -0.457 e. The molecule has 1 N–H and O–H groups in total. The Morgan fingerprint density at radius 3 is 2.63 bits per heavy atom. The lowest BCUT2D eigenvalue weighted by Gasteiger charge is -2.12. The Hall–Kier alpha value is -3.65. The fourth-order valence-corrected chi connectivity index (χ4v) is 3.68. The van der Waals surface area contributed by atoms with E-state index in [1.165, 1.54) is 24.3 Å². The van der Waals surface area contributed by atoms with Crippen LogP contribution in [0.3, 0.4) is 0 Å². The highest BCUT2D eigenvalue weighted by Crippen LogP contribution is 2.33. The number of nitrogens with zero attached hydrogens (tertiary/aromatic N) is 1. The van der Waals surface area contributed by atoms with Gasteiger partial charge in [0.1, 0.15) is 23.9 Å². The first-order chi connectivity index (χ1) is 14.5. The fraction of sp³-hybridized carbons (Fsp3) is 0.0455. The molecule has 3 amide bonds. The summed E-state index contributed by atoms with van der Waals surface area (Å²) in [5.74, 6) is -0.639. The van der Waals surface area contributed by atoms with Crippen molar-refractivity contribution in [2.45, 2.75) is 0 Å². The largest absolute Gasteiger partial charge is 0.457 e. The van der Waals surface area contributed by atoms with Crippen LogP contribution in [0.15, 0.2) is 76.1 Å². The van der Waals surface area contributed by atoms with Gasteiger partial charge >= 0.3 is 0 Å². The minimum absolute atomic E-state index is 0.160. The van der Waals surface area contributed by atoms with Gasteiger partial charge in [0.15, 0.2) is 0 Å². The van der Waals surface area contributed by atoms with E-state index in [1.807, 2.05) is 30.3 Å². The van der Waals surface area contributed by atoms with Gasteiger partial charge in [-0.1, -0.05) is 36.4 Å². The van der Waals surface area contributed by atoms with E-state index in [-0.39, 0.29) is 10.6 Å². The number of anilines is 1. The molecule has 2 aromatic carbocycles. The Labute approximate surface area is 175 Å². The van der Waals surface area contributed by atoms with Gasteiger partial charge in [-0.25, -0.2) is 4.39 Å². The van der Waals surface area contributed by atoms with Crippen molar-refractivity contribution in [1.29, 1.82) is 0 Å². The molecular weight excluding hydrogens is 407 g/mol. The number of carbonyl (C=O) groups is 3. The van der Waals surface area contributed by atoms with Crippen LogP contribution in [0.5, 0.6) is 0 Å². The van der Waals surface area contributed by atoms with Crippen molar-refractivity contribution in [2.24, 2.45) is 0 Å². The van der Waals surface area contributed by atoms with Gasteiger partial charge in [-0.3, -0.25) is 19.3 Å². The molecule has 1 aliphatic rings. The molecule has 2 heterocycles. The van der Waals surface area contributed by atoms with Gasteiger partial charge in [0.25, 0.3) is 11.1 Å². The zero-order valence-corrected chi connectivity index (χ0v) is 16.3. The van der Waals surface area contributed by atoms with Gasteiger partial charge in [-0.05, 0) is 42.1 Å². The van der Waals surface area contributed by atoms with Crippen molar-refractivity contribution in [3.8, 4) is 11.3 Å². The van der Waals surface area contributed by atoms with E-state index in [4.69, 9.17) is 4.42 Å². The lowest BCUT2D eigenvalue weighted by atomic mass is 10.2. The maximum Gasteiger partial charge on any atom is 0.294 e. The second-order valence-corrected chi connectivity index (χ2v) is 7.39. The van der Waals surface area contributed by atoms with Crippen LogP contribution < -0.4 is 5.32 Å². The molecule has 0 unspecified atom stereocenters. The van der Waals surface area contributed by atoms with Crippen LogP contribution in [-0.2, 0) is 9.59 Å². The summed E-state index contributed by atoms with van der Waals surface area (Å²) in [5, 5.41) is 1.90. The fourth-order valence-electron chi connectivity index (χ4n) is 2.86. The molecule has 0 radical (unpaired) electrons. The van der Waals surface area contributed by atoms with Crippen molar-refractivity contribution in [3.63, 3.8) is 0 Å². The van der Waals surface area contributed by atoms with Gasteiger partial charge in [-0.15, -0.1) is 0 Å². The Bertz CT molecular complexity index is 1160. The lowest BCUT2D eigenvalue weighted by molar-refractivity contribution is -0.127. The summed E-state index contributed by atoms with van der Waals surface area (Å²) in [4.78, 5) is 38.0. The van der Waals surface area contributed by atoms with Gasteiger partial charge < -0.3 is 9.73 Å². The number of benzene rings is 2. The maximum absolute atomic E-state index is 13.2. The molecule has 1 aromatic heterocycles. The number of carbonyl (C=O) groups excluding carboxylic acids is 3. The second-order valence-electron chi connectivity index (χ2n) is 6.39. The molecule has 0 aliphatic carbocycles. The first-order valence-electron chi connectivity index (χ1n) is 8.95. The van der Waals surface area contributed by atoms with Crippen LogP contribution in [0.2, 0.25) is 0 Å². The third-order valence-electron chi connectivity index (χ3n) is 4.24. The molecule has 0 spiro atoms. The first kappa shape index (κ1) is 19.7. The number of halogens is 1. The molecule has 30 heavy (non-hydrogen) atoms. The maximum atomic E-state index is 13.2. The summed E-state index contributed by atoms with van der Waals surface area (Å²) < 4.78 is 19.0. The number of nitrogens with one attached hydrogen (secondary N) is 1.